The number of halogens is 2. The lowest BCUT2D eigenvalue weighted by Gasteiger charge is -2.04. The van der Waals surface area contributed by atoms with Crippen LogP contribution in [-0.4, -0.2) is 27.3 Å². The molecule has 24 heavy (non-hydrogen) atoms. The molecule has 2 heterocycles. The summed E-state index contributed by atoms with van der Waals surface area (Å²) in [7, 11) is 1.57. The molecule has 0 N–H and O–H groups in total. The number of methoxy groups -OCH3 is 1. The Morgan fingerprint density at radius 3 is 2.71 bits per heavy atom. The molecule has 9 heteroatoms. The van der Waals surface area contributed by atoms with Gasteiger partial charge in [0.15, 0.2) is 0 Å². The van der Waals surface area contributed by atoms with Gasteiger partial charge < -0.3 is 14.0 Å². The Balaban J connectivity index is 1.62. The summed E-state index contributed by atoms with van der Waals surface area (Å²) >= 11 is 0. The van der Waals surface area contributed by atoms with Gasteiger partial charge in [0.25, 0.3) is 0 Å². The summed E-state index contributed by atoms with van der Waals surface area (Å²) in [5.41, 5.74) is 2.02. The van der Waals surface area contributed by atoms with Crippen molar-refractivity contribution in [1.82, 2.24) is 20.2 Å². The SMILES string of the molecule is COCc1nocc1Cn1cc(COc2cc(F)cc(F)c2)nn1. The summed E-state index contributed by atoms with van der Waals surface area (Å²) in [4.78, 5) is 0. The van der Waals surface area contributed by atoms with Crippen molar-refractivity contribution in [3.05, 3.63) is 59.2 Å². The van der Waals surface area contributed by atoms with Gasteiger partial charge in [-0.1, -0.05) is 10.4 Å². The summed E-state index contributed by atoms with van der Waals surface area (Å²) in [5, 5.41) is 11.8. The van der Waals surface area contributed by atoms with Gasteiger partial charge in [-0.2, -0.15) is 0 Å². The quantitative estimate of drug-likeness (QED) is 0.659. The minimum Gasteiger partial charge on any atom is -0.487 e. The predicted molar refractivity (Wildman–Crippen MR) is 77.0 cm³/mol. The number of hydrogen-bond acceptors (Lipinski definition) is 6. The molecular weight excluding hydrogens is 322 g/mol. The van der Waals surface area contributed by atoms with Crippen LogP contribution >= 0.6 is 0 Å². The zero-order chi connectivity index (χ0) is 16.9. The lowest BCUT2D eigenvalue weighted by molar-refractivity contribution is 0.176. The molecule has 0 fully saturated rings. The molecule has 0 aliphatic heterocycles. The first-order valence-corrected chi connectivity index (χ1v) is 7.03. The zero-order valence-electron chi connectivity index (χ0n) is 12.8. The molecule has 0 bridgehead atoms. The van der Waals surface area contributed by atoms with Gasteiger partial charge in [0.2, 0.25) is 0 Å². The van der Waals surface area contributed by atoms with Crippen LogP contribution in [-0.2, 0) is 24.5 Å². The largest absolute Gasteiger partial charge is 0.487 e. The minimum atomic E-state index is -0.702. The van der Waals surface area contributed by atoms with Gasteiger partial charge in [-0.25, -0.2) is 13.5 Å². The van der Waals surface area contributed by atoms with Gasteiger partial charge in [0.05, 0.1) is 19.3 Å². The Morgan fingerprint density at radius 1 is 1.17 bits per heavy atom. The first-order valence-electron chi connectivity index (χ1n) is 7.03. The smallest absolute Gasteiger partial charge is 0.134 e. The summed E-state index contributed by atoms with van der Waals surface area (Å²) in [6.45, 7) is 0.781. The molecule has 126 valence electrons. The van der Waals surface area contributed by atoms with E-state index in [4.69, 9.17) is 14.0 Å². The molecule has 0 atom stereocenters. The second-order valence-electron chi connectivity index (χ2n) is 5.02. The van der Waals surface area contributed by atoms with E-state index < -0.39 is 11.6 Å². The van der Waals surface area contributed by atoms with Crippen LogP contribution in [0.15, 0.2) is 35.2 Å². The van der Waals surface area contributed by atoms with Crippen molar-refractivity contribution in [2.75, 3.05) is 7.11 Å². The molecule has 0 saturated carbocycles. The van der Waals surface area contributed by atoms with Crippen molar-refractivity contribution in [1.29, 1.82) is 0 Å². The molecule has 0 spiro atoms. The van der Waals surface area contributed by atoms with Crippen molar-refractivity contribution >= 4 is 0 Å². The van der Waals surface area contributed by atoms with E-state index in [-0.39, 0.29) is 12.4 Å². The highest BCUT2D eigenvalue weighted by Gasteiger charge is 2.10. The normalized spacial score (nSPS) is 11.0. The van der Waals surface area contributed by atoms with Gasteiger partial charge in [-0.3, -0.25) is 0 Å². The number of hydrogen-bond donors (Lipinski definition) is 0. The van der Waals surface area contributed by atoms with E-state index in [0.29, 0.717) is 24.5 Å². The summed E-state index contributed by atoms with van der Waals surface area (Å²) in [6, 6.07) is 2.98. The van der Waals surface area contributed by atoms with Gasteiger partial charge in [-0.15, -0.1) is 5.10 Å². The topological polar surface area (TPSA) is 75.2 Å². The van der Waals surface area contributed by atoms with E-state index in [1.807, 2.05) is 0 Å². The van der Waals surface area contributed by atoms with Crippen LogP contribution < -0.4 is 4.74 Å². The zero-order valence-corrected chi connectivity index (χ0v) is 12.8. The van der Waals surface area contributed by atoms with E-state index in [0.717, 1.165) is 23.8 Å². The van der Waals surface area contributed by atoms with Crippen LogP contribution in [0.3, 0.4) is 0 Å². The minimum absolute atomic E-state index is 0.0391. The van der Waals surface area contributed by atoms with E-state index in [1.54, 1.807) is 18.0 Å². The van der Waals surface area contributed by atoms with Crippen molar-refractivity contribution in [3.63, 3.8) is 0 Å². The Morgan fingerprint density at radius 2 is 1.96 bits per heavy atom. The second-order valence-corrected chi connectivity index (χ2v) is 5.02. The molecule has 0 amide bonds. The van der Waals surface area contributed by atoms with Crippen molar-refractivity contribution < 1.29 is 22.8 Å². The maximum absolute atomic E-state index is 13.1. The summed E-state index contributed by atoms with van der Waals surface area (Å²) in [5.74, 6) is -1.32. The fraction of sp³-hybridized carbons (Fsp3) is 0.267. The Hall–Kier alpha value is -2.81. The standard InChI is InChI=1S/C15H14F2N4O3/c1-22-9-15-10(7-24-19-15)5-21-6-13(18-20-21)8-23-14-3-11(16)2-12(17)4-14/h2-4,6-7H,5,8-9H2,1H3. The van der Waals surface area contributed by atoms with E-state index in [2.05, 4.69) is 15.5 Å². The van der Waals surface area contributed by atoms with Crippen LogP contribution in [0.1, 0.15) is 17.0 Å². The molecule has 3 aromatic rings. The number of benzene rings is 1. The number of aromatic nitrogens is 4. The second kappa shape index (κ2) is 7.18. The molecule has 1 aromatic carbocycles. The molecule has 3 rings (SSSR count). The van der Waals surface area contributed by atoms with Crippen molar-refractivity contribution in [3.8, 4) is 5.75 Å². The predicted octanol–water partition coefficient (Wildman–Crippen LogP) is 2.32. The van der Waals surface area contributed by atoms with E-state index in [1.165, 1.54) is 6.26 Å². The van der Waals surface area contributed by atoms with Gasteiger partial charge in [0.1, 0.15) is 41.6 Å². The highest BCUT2D eigenvalue weighted by molar-refractivity contribution is 5.24. The van der Waals surface area contributed by atoms with Gasteiger partial charge in [0, 0.05) is 30.9 Å². The lowest BCUT2D eigenvalue weighted by atomic mass is 10.2. The van der Waals surface area contributed by atoms with Crippen LogP contribution in [0.5, 0.6) is 5.75 Å². The summed E-state index contributed by atoms with van der Waals surface area (Å²) in [6.07, 6.45) is 3.18. The number of ether oxygens (including phenoxy) is 2. The van der Waals surface area contributed by atoms with E-state index >= 15 is 0 Å². The molecule has 7 nitrogen and oxygen atoms in total. The highest BCUT2D eigenvalue weighted by atomic mass is 19.1. The Bertz CT molecular complexity index is 798. The molecule has 0 aliphatic carbocycles. The molecule has 0 unspecified atom stereocenters. The van der Waals surface area contributed by atoms with Crippen LogP contribution in [0.4, 0.5) is 8.78 Å². The Kier molecular flexibility index (Phi) is 4.80. The Labute approximate surface area is 135 Å². The molecule has 0 radical (unpaired) electrons. The van der Waals surface area contributed by atoms with Gasteiger partial charge >= 0.3 is 0 Å². The molecule has 0 saturated heterocycles. The molecular formula is C15H14F2N4O3. The average molecular weight is 336 g/mol. The first kappa shape index (κ1) is 16.1. The molecule has 2 aromatic heterocycles. The van der Waals surface area contributed by atoms with Crippen molar-refractivity contribution in [2.45, 2.75) is 19.8 Å². The fourth-order valence-electron chi connectivity index (χ4n) is 2.09. The number of rotatable bonds is 7. The first-order chi connectivity index (χ1) is 11.6. The van der Waals surface area contributed by atoms with Crippen LogP contribution in [0.25, 0.3) is 0 Å². The fourth-order valence-corrected chi connectivity index (χ4v) is 2.09. The number of nitrogens with zero attached hydrogens (tertiary/aromatic N) is 4. The maximum atomic E-state index is 13.1. The maximum Gasteiger partial charge on any atom is 0.134 e. The third-order valence-electron chi connectivity index (χ3n) is 3.15. The third-order valence-corrected chi connectivity index (χ3v) is 3.15. The van der Waals surface area contributed by atoms with E-state index in [9.17, 15) is 8.78 Å². The highest BCUT2D eigenvalue weighted by Crippen LogP contribution is 2.16. The van der Waals surface area contributed by atoms with Crippen LogP contribution in [0, 0.1) is 11.6 Å². The summed E-state index contributed by atoms with van der Waals surface area (Å²) < 4.78 is 43.0. The average Bonchev–Trinajstić information content (AvgIpc) is 3.15. The third kappa shape index (κ3) is 3.93. The van der Waals surface area contributed by atoms with Crippen molar-refractivity contribution in [2.24, 2.45) is 0 Å². The van der Waals surface area contributed by atoms with Crippen LogP contribution in [0.2, 0.25) is 0 Å². The molecule has 0 aliphatic rings. The monoisotopic (exact) mass is 336 g/mol. The van der Waals surface area contributed by atoms with Gasteiger partial charge in [-0.05, 0) is 0 Å². The lowest BCUT2D eigenvalue weighted by Crippen LogP contribution is -2.03.